The zero-order valence-electron chi connectivity index (χ0n) is 10.4. The Kier molecular flexibility index (Phi) is 4.93. The molecule has 0 spiro atoms. The Morgan fingerprint density at radius 1 is 1.30 bits per heavy atom. The van der Waals surface area contributed by atoms with E-state index in [2.05, 4.69) is 10.3 Å². The second-order valence-corrected chi connectivity index (χ2v) is 4.88. The van der Waals surface area contributed by atoms with Gasteiger partial charge in [0.25, 0.3) is 5.91 Å². The fourth-order valence-corrected chi connectivity index (χ4v) is 2.04. The molecule has 2 aromatic rings. The highest BCUT2D eigenvalue weighted by Gasteiger charge is 2.11. The third kappa shape index (κ3) is 3.68. The number of hydrogen-bond acceptors (Lipinski definition) is 2. The fourth-order valence-electron chi connectivity index (χ4n) is 1.69. The molecule has 1 N–H and O–H groups in total. The van der Waals surface area contributed by atoms with E-state index in [-0.39, 0.29) is 27.5 Å². The number of hydrogen-bond donors (Lipinski definition) is 1. The molecule has 20 heavy (non-hydrogen) atoms. The Hall–Kier alpha value is -1.65. The van der Waals surface area contributed by atoms with Crippen LogP contribution in [0.4, 0.5) is 4.39 Å². The Morgan fingerprint density at radius 3 is 2.80 bits per heavy atom. The van der Waals surface area contributed by atoms with Gasteiger partial charge in [0.05, 0.1) is 10.6 Å². The highest BCUT2D eigenvalue weighted by atomic mass is 35.5. The molecule has 0 fully saturated rings. The van der Waals surface area contributed by atoms with Gasteiger partial charge in [-0.3, -0.25) is 4.79 Å². The monoisotopic (exact) mass is 312 g/mol. The van der Waals surface area contributed by atoms with E-state index in [0.29, 0.717) is 18.5 Å². The molecule has 1 heterocycles. The molecule has 0 saturated carbocycles. The average Bonchev–Trinajstić information content (AvgIpc) is 2.43. The van der Waals surface area contributed by atoms with Crippen molar-refractivity contribution in [2.75, 3.05) is 6.54 Å². The molecule has 0 bridgehead atoms. The first kappa shape index (κ1) is 14.8. The summed E-state index contributed by atoms with van der Waals surface area (Å²) in [4.78, 5) is 15.7. The highest BCUT2D eigenvalue weighted by Crippen LogP contribution is 2.17. The molecule has 0 saturated heterocycles. The van der Waals surface area contributed by atoms with Crippen LogP contribution in [0.1, 0.15) is 15.9 Å². The summed E-state index contributed by atoms with van der Waals surface area (Å²) in [7, 11) is 0. The lowest BCUT2D eigenvalue weighted by Gasteiger charge is -2.07. The van der Waals surface area contributed by atoms with Crippen molar-refractivity contribution in [3.8, 4) is 0 Å². The molecule has 3 nitrogen and oxygen atoms in total. The van der Waals surface area contributed by atoms with E-state index in [9.17, 15) is 9.18 Å². The molecule has 0 unspecified atom stereocenters. The van der Waals surface area contributed by atoms with Crippen molar-refractivity contribution in [2.24, 2.45) is 0 Å². The molecule has 1 amide bonds. The van der Waals surface area contributed by atoms with Crippen LogP contribution in [0.3, 0.4) is 0 Å². The van der Waals surface area contributed by atoms with Gasteiger partial charge < -0.3 is 5.32 Å². The average molecular weight is 313 g/mol. The van der Waals surface area contributed by atoms with Crippen LogP contribution in [-0.4, -0.2) is 17.4 Å². The summed E-state index contributed by atoms with van der Waals surface area (Å²) < 4.78 is 13.4. The Balaban J connectivity index is 1.96. The predicted molar refractivity (Wildman–Crippen MR) is 76.7 cm³/mol. The van der Waals surface area contributed by atoms with E-state index in [4.69, 9.17) is 23.2 Å². The summed E-state index contributed by atoms with van der Waals surface area (Å²) >= 11 is 11.6. The van der Waals surface area contributed by atoms with Gasteiger partial charge in [0.15, 0.2) is 0 Å². The molecule has 0 aliphatic heterocycles. The van der Waals surface area contributed by atoms with Gasteiger partial charge in [0, 0.05) is 12.7 Å². The minimum atomic E-state index is -0.365. The topological polar surface area (TPSA) is 42.0 Å². The summed E-state index contributed by atoms with van der Waals surface area (Å²) in [6.07, 6.45) is 1.71. The molecular formula is C14H11Cl2FN2O. The lowest BCUT2D eigenvalue weighted by atomic mass is 10.1. The molecular weight excluding hydrogens is 302 g/mol. The van der Waals surface area contributed by atoms with Crippen LogP contribution in [0.5, 0.6) is 0 Å². The Morgan fingerprint density at radius 2 is 2.05 bits per heavy atom. The quantitative estimate of drug-likeness (QED) is 0.878. The van der Waals surface area contributed by atoms with Crippen molar-refractivity contribution < 1.29 is 9.18 Å². The molecule has 0 atom stereocenters. The largest absolute Gasteiger partial charge is 0.352 e. The predicted octanol–water partition coefficient (Wildman–Crippen LogP) is 3.50. The van der Waals surface area contributed by atoms with Crippen LogP contribution in [0.15, 0.2) is 36.5 Å². The zero-order valence-corrected chi connectivity index (χ0v) is 11.9. The molecule has 1 aromatic heterocycles. The van der Waals surface area contributed by atoms with Gasteiger partial charge in [-0.2, -0.15) is 0 Å². The van der Waals surface area contributed by atoms with Gasteiger partial charge >= 0.3 is 0 Å². The zero-order chi connectivity index (χ0) is 14.5. The first-order valence-corrected chi connectivity index (χ1v) is 6.66. The summed E-state index contributed by atoms with van der Waals surface area (Å²) in [5.41, 5.74) is 0.798. The van der Waals surface area contributed by atoms with Gasteiger partial charge in [-0.15, -0.1) is 0 Å². The summed E-state index contributed by atoms with van der Waals surface area (Å²) in [6.45, 7) is 0.302. The Bertz CT molecular complexity index is 634. The molecule has 0 radical (unpaired) electrons. The number of amides is 1. The molecule has 1 aromatic carbocycles. The summed E-state index contributed by atoms with van der Waals surface area (Å²) in [5, 5.41) is 3.07. The number of rotatable bonds is 4. The first-order chi connectivity index (χ1) is 9.58. The lowest BCUT2D eigenvalue weighted by molar-refractivity contribution is 0.0954. The minimum Gasteiger partial charge on any atom is -0.352 e. The normalized spacial score (nSPS) is 10.3. The molecule has 0 aliphatic carbocycles. The first-order valence-electron chi connectivity index (χ1n) is 5.90. The van der Waals surface area contributed by atoms with Crippen molar-refractivity contribution >= 4 is 29.1 Å². The van der Waals surface area contributed by atoms with Gasteiger partial charge in [0.1, 0.15) is 11.0 Å². The molecule has 0 aliphatic rings. The maximum Gasteiger partial charge on any atom is 0.252 e. The second-order valence-electron chi connectivity index (χ2n) is 4.08. The number of carbonyl (C=O) groups is 1. The van der Waals surface area contributed by atoms with Crippen molar-refractivity contribution in [2.45, 2.75) is 6.42 Å². The van der Waals surface area contributed by atoms with Gasteiger partial charge in [-0.25, -0.2) is 9.37 Å². The fraction of sp³-hybridized carbons (Fsp3) is 0.143. The molecule has 104 valence electrons. The van der Waals surface area contributed by atoms with E-state index in [0.717, 1.165) is 0 Å². The molecule has 2 rings (SSSR count). The van der Waals surface area contributed by atoms with Crippen LogP contribution >= 0.6 is 23.2 Å². The number of nitrogens with one attached hydrogen (secondary N) is 1. The van der Waals surface area contributed by atoms with Gasteiger partial charge in [0.2, 0.25) is 0 Å². The van der Waals surface area contributed by atoms with Gasteiger partial charge in [-0.05, 0) is 24.1 Å². The maximum atomic E-state index is 13.4. The van der Waals surface area contributed by atoms with Crippen LogP contribution in [-0.2, 0) is 6.42 Å². The van der Waals surface area contributed by atoms with E-state index in [1.165, 1.54) is 18.3 Å². The molecule has 6 heteroatoms. The van der Waals surface area contributed by atoms with Crippen LogP contribution < -0.4 is 5.32 Å². The number of pyridine rings is 1. The smallest absolute Gasteiger partial charge is 0.252 e. The Labute approximate surface area is 125 Å². The van der Waals surface area contributed by atoms with E-state index in [1.54, 1.807) is 18.2 Å². The number of carbonyl (C=O) groups excluding carboxylic acids is 1. The van der Waals surface area contributed by atoms with Crippen LogP contribution in [0, 0.1) is 5.82 Å². The minimum absolute atomic E-state index is 0.189. The standard InChI is InChI=1S/C14H11Cl2FN2O/c15-11-8-19-13(16)7-10(11)14(20)18-6-5-9-3-1-2-4-12(9)17/h1-4,7-8H,5-6H2,(H,18,20). The number of benzene rings is 1. The van der Waals surface area contributed by atoms with Gasteiger partial charge in [-0.1, -0.05) is 41.4 Å². The highest BCUT2D eigenvalue weighted by molar-refractivity contribution is 6.35. The lowest BCUT2D eigenvalue weighted by Crippen LogP contribution is -2.26. The summed E-state index contributed by atoms with van der Waals surface area (Å²) in [5.74, 6) is -0.651. The summed E-state index contributed by atoms with van der Waals surface area (Å²) in [6, 6.07) is 7.83. The number of nitrogens with zero attached hydrogens (tertiary/aromatic N) is 1. The van der Waals surface area contributed by atoms with E-state index in [1.807, 2.05) is 0 Å². The van der Waals surface area contributed by atoms with Crippen molar-refractivity contribution in [1.29, 1.82) is 0 Å². The van der Waals surface area contributed by atoms with Crippen molar-refractivity contribution in [3.63, 3.8) is 0 Å². The maximum absolute atomic E-state index is 13.4. The SMILES string of the molecule is O=C(NCCc1ccccc1F)c1cc(Cl)ncc1Cl. The van der Waals surface area contributed by atoms with Crippen molar-refractivity contribution in [1.82, 2.24) is 10.3 Å². The number of halogens is 3. The van der Waals surface area contributed by atoms with E-state index < -0.39 is 0 Å². The third-order valence-corrected chi connectivity index (χ3v) is 3.21. The van der Waals surface area contributed by atoms with E-state index >= 15 is 0 Å². The third-order valence-electron chi connectivity index (χ3n) is 2.70. The van der Waals surface area contributed by atoms with Crippen LogP contribution in [0.25, 0.3) is 0 Å². The second kappa shape index (κ2) is 6.68. The van der Waals surface area contributed by atoms with Crippen LogP contribution in [0.2, 0.25) is 10.2 Å². The number of aromatic nitrogens is 1. The van der Waals surface area contributed by atoms with Crippen molar-refractivity contribution in [3.05, 3.63) is 63.6 Å².